The normalized spacial score (nSPS) is 10.7. The number of carbonyl (C=O) groups is 1. The maximum absolute atomic E-state index is 12.2. The van der Waals surface area contributed by atoms with Crippen LogP contribution in [0.2, 0.25) is 0 Å². The highest BCUT2D eigenvalue weighted by molar-refractivity contribution is 6.02. The van der Waals surface area contributed by atoms with Crippen molar-refractivity contribution in [2.75, 3.05) is 5.32 Å². The van der Waals surface area contributed by atoms with Crippen LogP contribution < -0.4 is 10.1 Å². The number of rotatable bonds is 6. The molecule has 1 N–H and O–H groups in total. The van der Waals surface area contributed by atoms with Crippen molar-refractivity contribution in [1.82, 2.24) is 24.9 Å². The van der Waals surface area contributed by atoms with E-state index < -0.39 is 0 Å². The molecule has 1 amide bonds. The van der Waals surface area contributed by atoms with Crippen LogP contribution in [0.3, 0.4) is 0 Å². The van der Waals surface area contributed by atoms with Gasteiger partial charge in [0.05, 0.1) is 29.3 Å². The molecule has 0 saturated carbocycles. The zero-order valence-electron chi connectivity index (χ0n) is 15.9. The van der Waals surface area contributed by atoms with Crippen LogP contribution in [0.1, 0.15) is 21.8 Å². The molecule has 0 unspecified atom stereocenters. The van der Waals surface area contributed by atoms with Gasteiger partial charge in [-0.3, -0.25) is 14.5 Å². The van der Waals surface area contributed by atoms with Crippen LogP contribution in [0.15, 0.2) is 59.6 Å². The minimum Gasteiger partial charge on any atom is -0.487 e. The van der Waals surface area contributed by atoms with Crippen LogP contribution in [0.5, 0.6) is 5.75 Å². The summed E-state index contributed by atoms with van der Waals surface area (Å²) in [6, 6.07) is 8.87. The Hall–Kier alpha value is -4.01. The number of aryl methyl sites for hydroxylation is 2. The lowest BCUT2D eigenvalue weighted by Gasteiger charge is -2.07. The van der Waals surface area contributed by atoms with Crippen molar-refractivity contribution in [3.05, 3.63) is 72.1 Å². The summed E-state index contributed by atoms with van der Waals surface area (Å²) in [7, 11) is 1.77. The predicted molar refractivity (Wildman–Crippen MR) is 104 cm³/mol. The van der Waals surface area contributed by atoms with Crippen LogP contribution in [0.4, 0.5) is 5.69 Å². The molecule has 0 fully saturated rings. The Bertz CT molecular complexity index is 1120. The van der Waals surface area contributed by atoms with Gasteiger partial charge in [0.1, 0.15) is 29.5 Å². The van der Waals surface area contributed by atoms with E-state index >= 15 is 0 Å². The fourth-order valence-corrected chi connectivity index (χ4v) is 2.70. The van der Waals surface area contributed by atoms with Crippen molar-refractivity contribution in [2.45, 2.75) is 13.5 Å². The van der Waals surface area contributed by atoms with Gasteiger partial charge in [0.25, 0.3) is 5.91 Å². The molecule has 0 spiro atoms. The molecule has 0 atom stereocenters. The zero-order chi connectivity index (χ0) is 20.2. The Balaban J connectivity index is 1.42. The van der Waals surface area contributed by atoms with E-state index in [2.05, 4.69) is 25.5 Å². The molecule has 0 radical (unpaired) electrons. The molecule has 4 aromatic heterocycles. The van der Waals surface area contributed by atoms with Crippen molar-refractivity contribution in [2.24, 2.45) is 7.05 Å². The summed E-state index contributed by atoms with van der Waals surface area (Å²) in [6.07, 6.45) is 6.47. The van der Waals surface area contributed by atoms with Crippen LogP contribution in [0.25, 0.3) is 11.4 Å². The Morgan fingerprint density at radius 2 is 2.10 bits per heavy atom. The van der Waals surface area contributed by atoms with Gasteiger partial charge in [0.15, 0.2) is 0 Å². The molecular formula is C20H18N6O3. The SMILES string of the molecule is Cc1onc(-c2ccccn2)c1COc1ccc(C(=O)Nc2cnn(C)c2)nc1. The molecular weight excluding hydrogens is 372 g/mol. The second-order valence-electron chi connectivity index (χ2n) is 6.31. The molecule has 9 heteroatoms. The maximum Gasteiger partial charge on any atom is 0.274 e. The first-order chi connectivity index (χ1) is 14.1. The fraction of sp³-hybridized carbons (Fsp3) is 0.150. The largest absolute Gasteiger partial charge is 0.487 e. The summed E-state index contributed by atoms with van der Waals surface area (Å²) in [5.41, 5.74) is 3.04. The van der Waals surface area contributed by atoms with E-state index in [1.807, 2.05) is 25.1 Å². The second kappa shape index (κ2) is 7.93. The quantitative estimate of drug-likeness (QED) is 0.539. The maximum atomic E-state index is 12.2. The number of amides is 1. The average Bonchev–Trinajstić information content (AvgIpc) is 3.32. The molecule has 0 aliphatic heterocycles. The molecule has 0 saturated heterocycles. The van der Waals surface area contributed by atoms with Crippen LogP contribution in [-0.2, 0) is 13.7 Å². The highest BCUT2D eigenvalue weighted by atomic mass is 16.5. The minimum atomic E-state index is -0.322. The summed E-state index contributed by atoms with van der Waals surface area (Å²) < 4.78 is 12.7. The molecule has 4 rings (SSSR count). The summed E-state index contributed by atoms with van der Waals surface area (Å²) >= 11 is 0. The number of aromatic nitrogens is 5. The molecule has 0 aromatic carbocycles. The van der Waals surface area contributed by atoms with Gasteiger partial charge in [-0.1, -0.05) is 11.2 Å². The van der Waals surface area contributed by atoms with E-state index in [-0.39, 0.29) is 18.2 Å². The Labute approximate surface area is 166 Å². The Morgan fingerprint density at radius 3 is 2.79 bits per heavy atom. The first kappa shape index (κ1) is 18.4. The number of hydrogen-bond donors (Lipinski definition) is 1. The smallest absolute Gasteiger partial charge is 0.274 e. The number of ether oxygens (including phenoxy) is 1. The number of pyridine rings is 2. The van der Waals surface area contributed by atoms with Gasteiger partial charge >= 0.3 is 0 Å². The molecule has 29 heavy (non-hydrogen) atoms. The number of nitrogens with one attached hydrogen (secondary N) is 1. The van der Waals surface area contributed by atoms with E-state index in [9.17, 15) is 4.79 Å². The first-order valence-electron chi connectivity index (χ1n) is 8.85. The average molecular weight is 390 g/mol. The van der Waals surface area contributed by atoms with Gasteiger partial charge in [0, 0.05) is 19.4 Å². The lowest BCUT2D eigenvalue weighted by molar-refractivity contribution is 0.102. The summed E-state index contributed by atoms with van der Waals surface area (Å²) in [5, 5.41) is 10.8. The summed E-state index contributed by atoms with van der Waals surface area (Å²) in [4.78, 5) is 20.7. The van der Waals surface area contributed by atoms with Gasteiger partial charge in [-0.2, -0.15) is 5.10 Å². The van der Waals surface area contributed by atoms with E-state index in [0.717, 1.165) is 5.56 Å². The fourth-order valence-electron chi connectivity index (χ4n) is 2.70. The number of hydrogen-bond acceptors (Lipinski definition) is 7. The van der Waals surface area contributed by atoms with E-state index in [0.29, 0.717) is 28.6 Å². The topological polar surface area (TPSA) is 108 Å². The third-order valence-electron chi connectivity index (χ3n) is 4.21. The molecule has 9 nitrogen and oxygen atoms in total. The summed E-state index contributed by atoms with van der Waals surface area (Å²) in [6.45, 7) is 2.06. The third-order valence-corrected chi connectivity index (χ3v) is 4.21. The third kappa shape index (κ3) is 4.13. The summed E-state index contributed by atoms with van der Waals surface area (Å²) in [5.74, 6) is 0.860. The van der Waals surface area contributed by atoms with E-state index in [4.69, 9.17) is 9.26 Å². The molecule has 0 aliphatic rings. The van der Waals surface area contributed by atoms with Crippen molar-refractivity contribution in [3.63, 3.8) is 0 Å². The molecule has 146 valence electrons. The van der Waals surface area contributed by atoms with E-state index in [1.165, 1.54) is 6.20 Å². The highest BCUT2D eigenvalue weighted by Crippen LogP contribution is 2.25. The number of nitrogens with zero attached hydrogens (tertiary/aromatic N) is 5. The highest BCUT2D eigenvalue weighted by Gasteiger charge is 2.16. The van der Waals surface area contributed by atoms with Crippen molar-refractivity contribution < 1.29 is 14.1 Å². The van der Waals surface area contributed by atoms with Gasteiger partial charge in [-0.15, -0.1) is 0 Å². The molecule has 4 aromatic rings. The zero-order valence-corrected chi connectivity index (χ0v) is 15.9. The van der Waals surface area contributed by atoms with Crippen LogP contribution in [-0.4, -0.2) is 30.8 Å². The number of carbonyl (C=O) groups excluding carboxylic acids is 1. The predicted octanol–water partition coefficient (Wildman–Crippen LogP) is 3.00. The molecule has 0 bridgehead atoms. The molecule has 0 aliphatic carbocycles. The standard InChI is InChI=1S/C20H18N6O3/c1-13-16(19(25-29-13)17-5-3-4-8-21-17)12-28-15-6-7-18(22-10-15)20(27)24-14-9-23-26(2)11-14/h3-11H,12H2,1-2H3,(H,24,27). The second-order valence-corrected chi connectivity index (χ2v) is 6.31. The van der Waals surface area contributed by atoms with Crippen molar-refractivity contribution in [3.8, 4) is 17.1 Å². The lowest BCUT2D eigenvalue weighted by Crippen LogP contribution is -2.13. The first-order valence-corrected chi connectivity index (χ1v) is 8.85. The Morgan fingerprint density at radius 1 is 1.21 bits per heavy atom. The van der Waals surface area contributed by atoms with Gasteiger partial charge < -0.3 is 14.6 Å². The van der Waals surface area contributed by atoms with Gasteiger partial charge in [-0.25, -0.2) is 4.98 Å². The van der Waals surface area contributed by atoms with E-state index in [1.54, 1.807) is 42.5 Å². The van der Waals surface area contributed by atoms with Crippen LogP contribution in [0, 0.1) is 6.92 Å². The minimum absolute atomic E-state index is 0.240. The number of anilines is 1. The molecule has 4 heterocycles. The monoisotopic (exact) mass is 390 g/mol. The van der Waals surface area contributed by atoms with Gasteiger partial charge in [-0.05, 0) is 31.2 Å². The lowest BCUT2D eigenvalue weighted by atomic mass is 10.1. The van der Waals surface area contributed by atoms with Crippen molar-refractivity contribution >= 4 is 11.6 Å². The van der Waals surface area contributed by atoms with Crippen LogP contribution >= 0.6 is 0 Å². The van der Waals surface area contributed by atoms with Crippen molar-refractivity contribution in [1.29, 1.82) is 0 Å². The Kier molecular flexibility index (Phi) is 5.02. The van der Waals surface area contributed by atoms with Gasteiger partial charge in [0.2, 0.25) is 0 Å².